The molecule has 0 aliphatic rings. The zero-order chi connectivity index (χ0) is 19.1. The minimum atomic E-state index is 0.560. The van der Waals surface area contributed by atoms with E-state index in [0.717, 1.165) is 28.1 Å². The summed E-state index contributed by atoms with van der Waals surface area (Å²) in [5.41, 5.74) is 4.46. The third-order valence-electron chi connectivity index (χ3n) is 4.07. The van der Waals surface area contributed by atoms with Gasteiger partial charge >= 0.3 is 0 Å². The van der Waals surface area contributed by atoms with Crippen LogP contribution in [0.1, 0.15) is 16.7 Å². The van der Waals surface area contributed by atoms with Crippen molar-refractivity contribution < 1.29 is 9.47 Å². The first-order chi connectivity index (χ1) is 13.2. The van der Waals surface area contributed by atoms with E-state index < -0.39 is 0 Å². The van der Waals surface area contributed by atoms with Crippen LogP contribution >= 0.6 is 0 Å². The molecule has 0 aromatic heterocycles. The number of aliphatic imine (C=N–C) groups is 2. The van der Waals surface area contributed by atoms with Crippen LogP contribution in [0.5, 0.6) is 0 Å². The maximum atomic E-state index is 5.50. The summed E-state index contributed by atoms with van der Waals surface area (Å²) in [6.45, 7) is 2.01. The number of methoxy groups -OCH3 is 2. The minimum absolute atomic E-state index is 0.560. The van der Waals surface area contributed by atoms with Crippen molar-refractivity contribution in [2.75, 3.05) is 14.2 Å². The highest BCUT2D eigenvalue weighted by Gasteiger charge is 2.07. The minimum Gasteiger partial charge on any atom is -0.481 e. The quantitative estimate of drug-likeness (QED) is 0.460. The Morgan fingerprint density at radius 3 is 1.70 bits per heavy atom. The zero-order valence-corrected chi connectivity index (χ0v) is 15.7. The molecule has 3 rings (SSSR count). The third-order valence-corrected chi connectivity index (χ3v) is 4.07. The molecule has 3 aromatic carbocycles. The van der Waals surface area contributed by atoms with Gasteiger partial charge in [-0.1, -0.05) is 42.5 Å². The van der Waals surface area contributed by atoms with Crippen molar-refractivity contribution in [3.05, 3.63) is 95.6 Å². The number of rotatable bonds is 4. The van der Waals surface area contributed by atoms with E-state index in [1.807, 2.05) is 85.8 Å². The molecule has 3 aromatic rings. The molecular formula is C23H22N2O2. The van der Waals surface area contributed by atoms with Crippen LogP contribution in [0.25, 0.3) is 0 Å². The summed E-state index contributed by atoms with van der Waals surface area (Å²) in [7, 11) is 3.25. The second-order valence-corrected chi connectivity index (χ2v) is 5.95. The van der Waals surface area contributed by atoms with Gasteiger partial charge in [-0.25, -0.2) is 9.98 Å². The number of hydrogen-bond donors (Lipinski definition) is 0. The number of nitrogens with zero attached hydrogens (tertiary/aromatic N) is 2. The summed E-state index contributed by atoms with van der Waals surface area (Å²) in [4.78, 5) is 9.34. The van der Waals surface area contributed by atoms with E-state index in [2.05, 4.69) is 4.99 Å². The van der Waals surface area contributed by atoms with Crippen LogP contribution in [-0.2, 0) is 9.47 Å². The molecule has 0 heterocycles. The Hall–Kier alpha value is -3.40. The smallest absolute Gasteiger partial charge is 0.221 e. The predicted octanol–water partition coefficient (Wildman–Crippen LogP) is 5.44. The zero-order valence-electron chi connectivity index (χ0n) is 15.7. The number of hydrogen-bond acceptors (Lipinski definition) is 4. The van der Waals surface area contributed by atoms with E-state index in [-0.39, 0.29) is 0 Å². The van der Waals surface area contributed by atoms with Crippen molar-refractivity contribution >= 4 is 23.2 Å². The van der Waals surface area contributed by atoms with Gasteiger partial charge in [-0.05, 0) is 48.9 Å². The number of benzene rings is 3. The highest BCUT2D eigenvalue weighted by molar-refractivity contribution is 5.97. The van der Waals surface area contributed by atoms with Crippen molar-refractivity contribution in [2.24, 2.45) is 9.98 Å². The van der Waals surface area contributed by atoms with Gasteiger partial charge in [-0.3, -0.25) is 0 Å². The maximum Gasteiger partial charge on any atom is 0.221 e. The lowest BCUT2D eigenvalue weighted by atomic mass is 10.1. The van der Waals surface area contributed by atoms with Gasteiger partial charge in [0.05, 0.1) is 25.6 Å². The third kappa shape index (κ3) is 4.61. The van der Waals surface area contributed by atoms with Gasteiger partial charge in [0.2, 0.25) is 11.8 Å². The van der Waals surface area contributed by atoms with Crippen LogP contribution in [0, 0.1) is 6.92 Å². The summed E-state index contributed by atoms with van der Waals surface area (Å²) < 4.78 is 11.0. The molecule has 0 saturated carbocycles. The molecule has 4 heteroatoms. The Labute approximate surface area is 159 Å². The van der Waals surface area contributed by atoms with Gasteiger partial charge in [-0.2, -0.15) is 0 Å². The molecule has 0 aliphatic carbocycles. The van der Waals surface area contributed by atoms with E-state index in [4.69, 9.17) is 14.5 Å². The van der Waals surface area contributed by atoms with Gasteiger partial charge in [0.15, 0.2) is 0 Å². The SMILES string of the molecule is COC(=Nc1ccc(C)c(N=C(OC)c2ccccc2)c1)c1ccccc1. The molecule has 0 bridgehead atoms. The van der Waals surface area contributed by atoms with Crippen molar-refractivity contribution in [2.45, 2.75) is 6.92 Å². The van der Waals surface area contributed by atoms with Crippen LogP contribution in [0.15, 0.2) is 88.8 Å². The van der Waals surface area contributed by atoms with Gasteiger partial charge < -0.3 is 9.47 Å². The first-order valence-corrected chi connectivity index (χ1v) is 8.68. The van der Waals surface area contributed by atoms with Gasteiger partial charge in [0.25, 0.3) is 0 Å². The van der Waals surface area contributed by atoms with Gasteiger partial charge in [0, 0.05) is 11.1 Å². The summed E-state index contributed by atoms with van der Waals surface area (Å²) in [5, 5.41) is 0. The van der Waals surface area contributed by atoms with Crippen LogP contribution in [0.4, 0.5) is 11.4 Å². The molecule has 4 nitrogen and oxygen atoms in total. The standard InChI is InChI=1S/C23H22N2O2/c1-17-14-15-20(24-22(26-2)18-10-6-4-7-11-18)16-21(17)25-23(27-3)19-12-8-5-9-13-19/h4-16H,1-3H3. The Kier molecular flexibility index (Phi) is 6.00. The highest BCUT2D eigenvalue weighted by Crippen LogP contribution is 2.27. The van der Waals surface area contributed by atoms with E-state index in [1.54, 1.807) is 14.2 Å². The Balaban J connectivity index is 1.99. The van der Waals surface area contributed by atoms with Crippen LogP contribution < -0.4 is 0 Å². The molecule has 0 spiro atoms. The van der Waals surface area contributed by atoms with Crippen LogP contribution in [0.3, 0.4) is 0 Å². The fourth-order valence-corrected chi connectivity index (χ4v) is 2.63. The first kappa shape index (κ1) is 18.4. The molecule has 0 saturated heterocycles. The second-order valence-electron chi connectivity index (χ2n) is 5.95. The van der Waals surface area contributed by atoms with E-state index in [9.17, 15) is 0 Å². The molecule has 136 valence electrons. The topological polar surface area (TPSA) is 43.2 Å². The van der Waals surface area contributed by atoms with Crippen LogP contribution in [0.2, 0.25) is 0 Å². The molecule has 0 unspecified atom stereocenters. The van der Waals surface area contributed by atoms with Crippen molar-refractivity contribution in [1.82, 2.24) is 0 Å². The van der Waals surface area contributed by atoms with E-state index in [0.29, 0.717) is 11.8 Å². The molecule has 0 fully saturated rings. The summed E-state index contributed by atoms with van der Waals surface area (Å²) in [5.74, 6) is 1.12. The molecule has 0 aliphatic heterocycles. The van der Waals surface area contributed by atoms with Gasteiger partial charge in [-0.15, -0.1) is 0 Å². The van der Waals surface area contributed by atoms with Crippen molar-refractivity contribution in [3.63, 3.8) is 0 Å². The maximum absolute atomic E-state index is 5.50. The second kappa shape index (κ2) is 8.81. The Morgan fingerprint density at radius 2 is 1.19 bits per heavy atom. The summed E-state index contributed by atoms with van der Waals surface area (Å²) in [6.07, 6.45) is 0. The van der Waals surface area contributed by atoms with Crippen molar-refractivity contribution in [1.29, 1.82) is 0 Å². The highest BCUT2D eigenvalue weighted by atomic mass is 16.5. The summed E-state index contributed by atoms with van der Waals surface area (Å²) >= 11 is 0. The lowest BCUT2D eigenvalue weighted by molar-refractivity contribution is 0.405. The molecule has 0 atom stereocenters. The average Bonchev–Trinajstić information content (AvgIpc) is 2.73. The average molecular weight is 358 g/mol. The van der Waals surface area contributed by atoms with Crippen molar-refractivity contribution in [3.8, 4) is 0 Å². The fourth-order valence-electron chi connectivity index (χ4n) is 2.63. The first-order valence-electron chi connectivity index (χ1n) is 8.68. The molecule has 0 N–H and O–H groups in total. The lowest BCUT2D eigenvalue weighted by Crippen LogP contribution is -2.03. The van der Waals surface area contributed by atoms with E-state index in [1.165, 1.54) is 0 Å². The normalized spacial score (nSPS) is 12.0. The molecule has 0 amide bonds. The van der Waals surface area contributed by atoms with Crippen LogP contribution in [-0.4, -0.2) is 26.0 Å². The molecule has 0 radical (unpaired) electrons. The number of aryl methyl sites for hydroxylation is 1. The van der Waals surface area contributed by atoms with E-state index >= 15 is 0 Å². The monoisotopic (exact) mass is 358 g/mol. The lowest BCUT2D eigenvalue weighted by Gasteiger charge is -2.09. The fraction of sp³-hybridized carbons (Fsp3) is 0.130. The molecule has 27 heavy (non-hydrogen) atoms. The largest absolute Gasteiger partial charge is 0.481 e. The summed E-state index contributed by atoms with van der Waals surface area (Å²) in [6, 6.07) is 25.5. The predicted molar refractivity (Wildman–Crippen MR) is 110 cm³/mol. The molecular weight excluding hydrogens is 336 g/mol. The Morgan fingerprint density at radius 1 is 0.667 bits per heavy atom. The van der Waals surface area contributed by atoms with Gasteiger partial charge in [0.1, 0.15) is 0 Å². The number of ether oxygens (including phenoxy) is 2. The Bertz CT molecular complexity index is 949.